The van der Waals surface area contributed by atoms with Crippen molar-refractivity contribution in [2.75, 3.05) is 20.1 Å². The normalized spacial score (nSPS) is 20.8. The Bertz CT molecular complexity index is 366. The molecule has 2 rings (SSSR count). The largest absolute Gasteiger partial charge is 0.330 e. The van der Waals surface area contributed by atoms with Gasteiger partial charge in [-0.25, -0.2) is 0 Å². The summed E-state index contributed by atoms with van der Waals surface area (Å²) in [5, 5.41) is 2.18. The number of thiophene rings is 1. The first-order valence-electron chi connectivity index (χ1n) is 8.08. The molecule has 1 saturated carbocycles. The van der Waals surface area contributed by atoms with E-state index in [9.17, 15) is 0 Å². The summed E-state index contributed by atoms with van der Waals surface area (Å²) in [5.74, 6) is 0. The lowest BCUT2D eigenvalue weighted by Crippen LogP contribution is -2.44. The monoisotopic (exact) mass is 294 g/mol. The fraction of sp³-hybridized carbons (Fsp3) is 0.765. The third kappa shape index (κ3) is 4.31. The van der Waals surface area contributed by atoms with E-state index in [-0.39, 0.29) is 0 Å². The van der Waals surface area contributed by atoms with Gasteiger partial charge in [-0.1, -0.05) is 31.7 Å². The van der Waals surface area contributed by atoms with Crippen LogP contribution >= 0.6 is 11.3 Å². The highest BCUT2D eigenvalue weighted by Crippen LogP contribution is 2.35. The van der Waals surface area contributed by atoms with E-state index in [1.807, 2.05) is 11.3 Å². The first-order valence-corrected chi connectivity index (χ1v) is 8.96. The molecule has 0 aliphatic heterocycles. The molecule has 1 unspecified atom stereocenters. The van der Waals surface area contributed by atoms with Crippen LogP contribution in [0.5, 0.6) is 0 Å². The van der Waals surface area contributed by atoms with Crippen LogP contribution in [0.1, 0.15) is 50.3 Å². The van der Waals surface area contributed by atoms with Crippen molar-refractivity contribution < 1.29 is 0 Å². The highest BCUT2D eigenvalue weighted by atomic mass is 32.1. The van der Waals surface area contributed by atoms with Crippen LogP contribution in [0.2, 0.25) is 0 Å². The minimum atomic E-state index is 0.370. The van der Waals surface area contributed by atoms with Crippen LogP contribution in [-0.4, -0.2) is 31.1 Å². The van der Waals surface area contributed by atoms with E-state index in [1.165, 1.54) is 43.4 Å². The zero-order chi connectivity index (χ0) is 14.4. The van der Waals surface area contributed by atoms with Crippen molar-refractivity contribution in [2.45, 2.75) is 57.9 Å². The van der Waals surface area contributed by atoms with Crippen LogP contribution in [0.4, 0.5) is 0 Å². The third-order valence-corrected chi connectivity index (χ3v) is 5.91. The van der Waals surface area contributed by atoms with E-state index in [0.717, 1.165) is 19.5 Å². The van der Waals surface area contributed by atoms with Crippen LogP contribution in [0.15, 0.2) is 17.5 Å². The molecule has 1 aliphatic carbocycles. The molecule has 114 valence electrons. The average molecular weight is 295 g/mol. The Morgan fingerprint density at radius 1 is 1.30 bits per heavy atom. The molecule has 0 saturated heterocycles. The van der Waals surface area contributed by atoms with Crippen LogP contribution in [0.3, 0.4) is 0 Å². The predicted octanol–water partition coefficient (Wildman–Crippen LogP) is 3.91. The van der Waals surface area contributed by atoms with Crippen molar-refractivity contribution >= 4 is 11.3 Å². The Balaban J connectivity index is 1.91. The second kappa shape index (κ2) is 7.58. The molecule has 1 aromatic rings. The summed E-state index contributed by atoms with van der Waals surface area (Å²) >= 11 is 1.87. The molecule has 1 aliphatic rings. The molecule has 0 bridgehead atoms. The molecule has 1 fully saturated rings. The molecule has 0 aromatic carbocycles. The molecule has 0 amide bonds. The van der Waals surface area contributed by atoms with Crippen LogP contribution in [-0.2, 0) is 6.42 Å². The maximum absolute atomic E-state index is 6.17. The van der Waals surface area contributed by atoms with Crippen molar-refractivity contribution in [3.05, 3.63) is 22.4 Å². The van der Waals surface area contributed by atoms with E-state index in [4.69, 9.17) is 5.73 Å². The van der Waals surface area contributed by atoms with Gasteiger partial charge in [-0.2, -0.15) is 0 Å². The number of hydrogen-bond donors (Lipinski definition) is 1. The second-order valence-corrected chi connectivity index (χ2v) is 7.70. The Labute approximate surface area is 128 Å². The highest BCUT2D eigenvalue weighted by Gasteiger charge is 2.31. The lowest BCUT2D eigenvalue weighted by molar-refractivity contribution is 0.129. The second-order valence-electron chi connectivity index (χ2n) is 6.67. The van der Waals surface area contributed by atoms with Gasteiger partial charge in [-0.05, 0) is 56.6 Å². The van der Waals surface area contributed by atoms with Crippen LogP contribution < -0.4 is 5.73 Å². The van der Waals surface area contributed by atoms with Gasteiger partial charge in [0.2, 0.25) is 0 Å². The molecule has 1 atom stereocenters. The number of hydrogen-bond acceptors (Lipinski definition) is 3. The van der Waals surface area contributed by atoms with Crippen molar-refractivity contribution in [2.24, 2.45) is 11.1 Å². The molecular formula is C17H30N2S. The molecule has 1 heterocycles. The lowest BCUT2D eigenvalue weighted by atomic mass is 9.79. The summed E-state index contributed by atoms with van der Waals surface area (Å²) in [6.07, 6.45) is 9.33. The molecule has 0 radical (unpaired) electrons. The van der Waals surface area contributed by atoms with Crippen molar-refractivity contribution in [3.8, 4) is 0 Å². The Kier molecular flexibility index (Phi) is 6.06. The number of likely N-dealkylation sites (N-methyl/N-ethyl adjacent to an activating group) is 1. The zero-order valence-electron chi connectivity index (χ0n) is 13.1. The fourth-order valence-electron chi connectivity index (χ4n) is 3.47. The van der Waals surface area contributed by atoms with E-state index >= 15 is 0 Å². The summed E-state index contributed by atoms with van der Waals surface area (Å²) in [6.45, 7) is 4.36. The Hall–Kier alpha value is -0.380. The molecule has 1 aromatic heterocycles. The predicted molar refractivity (Wildman–Crippen MR) is 89.3 cm³/mol. The molecule has 0 spiro atoms. The van der Waals surface area contributed by atoms with Gasteiger partial charge in [0.05, 0.1) is 0 Å². The number of rotatable bonds is 6. The van der Waals surface area contributed by atoms with Crippen LogP contribution in [0.25, 0.3) is 0 Å². The van der Waals surface area contributed by atoms with Gasteiger partial charge in [-0.15, -0.1) is 11.3 Å². The lowest BCUT2D eigenvalue weighted by Gasteiger charge is -2.38. The molecule has 2 nitrogen and oxygen atoms in total. The molecule has 3 heteroatoms. The number of nitrogens with two attached hydrogens (primary N) is 1. The molecule has 2 N–H and O–H groups in total. The van der Waals surface area contributed by atoms with Crippen LogP contribution in [0, 0.1) is 5.41 Å². The SMILES string of the molecule is CC(Cc1cccs1)N(C)CC1(CN)CCCCCC1. The Morgan fingerprint density at radius 2 is 2.00 bits per heavy atom. The smallest absolute Gasteiger partial charge is 0.0112 e. The molecule has 20 heavy (non-hydrogen) atoms. The fourth-order valence-corrected chi connectivity index (χ4v) is 4.29. The first-order chi connectivity index (χ1) is 9.65. The van der Waals surface area contributed by atoms with Gasteiger partial charge in [0.25, 0.3) is 0 Å². The summed E-state index contributed by atoms with van der Waals surface area (Å²) in [4.78, 5) is 4.03. The standard InChI is InChI=1S/C17H30N2S/c1-15(12-16-8-7-11-20-16)19(2)14-17(13-18)9-5-3-4-6-10-17/h7-8,11,15H,3-6,9-10,12-14,18H2,1-2H3. The van der Waals surface area contributed by atoms with E-state index < -0.39 is 0 Å². The minimum Gasteiger partial charge on any atom is -0.330 e. The van der Waals surface area contributed by atoms with Crippen molar-refractivity contribution in [3.63, 3.8) is 0 Å². The topological polar surface area (TPSA) is 29.3 Å². The van der Waals surface area contributed by atoms with Gasteiger partial charge in [-0.3, -0.25) is 0 Å². The summed E-state index contributed by atoms with van der Waals surface area (Å²) in [7, 11) is 2.28. The summed E-state index contributed by atoms with van der Waals surface area (Å²) in [6, 6.07) is 5.00. The van der Waals surface area contributed by atoms with Gasteiger partial charge in [0, 0.05) is 17.5 Å². The minimum absolute atomic E-state index is 0.370. The Morgan fingerprint density at radius 3 is 2.55 bits per heavy atom. The summed E-state index contributed by atoms with van der Waals surface area (Å²) < 4.78 is 0. The number of nitrogens with zero attached hydrogens (tertiary/aromatic N) is 1. The molecular weight excluding hydrogens is 264 g/mol. The van der Waals surface area contributed by atoms with Crippen molar-refractivity contribution in [1.29, 1.82) is 0 Å². The van der Waals surface area contributed by atoms with Gasteiger partial charge >= 0.3 is 0 Å². The zero-order valence-corrected chi connectivity index (χ0v) is 13.9. The van der Waals surface area contributed by atoms with E-state index in [1.54, 1.807) is 0 Å². The van der Waals surface area contributed by atoms with Gasteiger partial charge in [0.1, 0.15) is 0 Å². The van der Waals surface area contributed by atoms with Crippen molar-refractivity contribution in [1.82, 2.24) is 4.90 Å². The third-order valence-electron chi connectivity index (χ3n) is 5.01. The first kappa shape index (κ1) is 16.0. The maximum atomic E-state index is 6.17. The summed E-state index contributed by atoms with van der Waals surface area (Å²) in [5.41, 5.74) is 6.54. The quantitative estimate of drug-likeness (QED) is 0.806. The maximum Gasteiger partial charge on any atom is 0.0112 e. The average Bonchev–Trinajstić information content (AvgIpc) is 2.84. The highest BCUT2D eigenvalue weighted by molar-refractivity contribution is 7.09. The van der Waals surface area contributed by atoms with Gasteiger partial charge < -0.3 is 10.6 Å². The van der Waals surface area contributed by atoms with Gasteiger partial charge in [0.15, 0.2) is 0 Å². The van der Waals surface area contributed by atoms with E-state index in [2.05, 4.69) is 36.4 Å². The van der Waals surface area contributed by atoms with E-state index in [0.29, 0.717) is 11.5 Å².